The molecule has 1 aromatic rings. The molecule has 0 spiro atoms. The van der Waals surface area contributed by atoms with Crippen molar-refractivity contribution in [1.29, 1.82) is 0 Å². The summed E-state index contributed by atoms with van der Waals surface area (Å²) >= 11 is 0. The Morgan fingerprint density at radius 1 is 1.40 bits per heavy atom. The first kappa shape index (κ1) is 23.5. The lowest BCUT2D eigenvalue weighted by Crippen LogP contribution is -2.40. The van der Waals surface area contributed by atoms with E-state index in [1.54, 1.807) is 11.9 Å². The number of piperidine rings is 1. The van der Waals surface area contributed by atoms with Crippen LogP contribution in [0.5, 0.6) is 0 Å². The normalized spacial score (nSPS) is 14.7. The van der Waals surface area contributed by atoms with Crippen molar-refractivity contribution in [3.8, 4) is 12.0 Å². The Balaban J connectivity index is 2.28. The molecule has 0 radical (unpaired) electrons. The highest BCUT2D eigenvalue weighted by Crippen LogP contribution is 2.30. The fourth-order valence-electron chi connectivity index (χ4n) is 3.11. The van der Waals surface area contributed by atoms with E-state index in [1.165, 1.54) is 0 Å². The zero-order valence-electron chi connectivity index (χ0n) is 17.3. The number of rotatable bonds is 6. The van der Waals surface area contributed by atoms with Crippen LogP contribution in [-0.2, 0) is 16.1 Å². The molecule has 7 nitrogen and oxygen atoms in total. The minimum absolute atomic E-state index is 0.0911. The number of aromatic nitrogens is 2. The van der Waals surface area contributed by atoms with Crippen molar-refractivity contribution in [2.75, 3.05) is 29.9 Å². The fourth-order valence-corrected chi connectivity index (χ4v) is 3.11. The number of carbonyl (C=O) groups excluding carboxylic acids is 1. The zero-order valence-corrected chi connectivity index (χ0v) is 17.3. The number of alkyl halides is 3. The number of hydrogen-bond acceptors (Lipinski definition) is 6. The number of halogens is 3. The third kappa shape index (κ3) is 6.62. The molecule has 2 rings (SSSR count). The third-order valence-corrected chi connectivity index (χ3v) is 4.53. The number of ether oxygens (including phenoxy) is 1. The molecular weight excluding hydrogens is 399 g/mol. The molecule has 1 aromatic heterocycles. The molecule has 10 heteroatoms. The predicted molar refractivity (Wildman–Crippen MR) is 108 cm³/mol. The highest BCUT2D eigenvalue weighted by molar-refractivity contribution is 5.86. The van der Waals surface area contributed by atoms with Crippen LogP contribution >= 0.6 is 0 Å². The van der Waals surface area contributed by atoms with Gasteiger partial charge in [-0.15, -0.1) is 13.2 Å². The van der Waals surface area contributed by atoms with E-state index in [1.807, 2.05) is 18.7 Å². The van der Waals surface area contributed by atoms with Crippen molar-refractivity contribution in [3.05, 3.63) is 24.0 Å². The summed E-state index contributed by atoms with van der Waals surface area (Å²) in [4.78, 5) is 24.2. The first-order valence-corrected chi connectivity index (χ1v) is 9.64. The molecule has 30 heavy (non-hydrogen) atoms. The summed E-state index contributed by atoms with van der Waals surface area (Å²) in [6, 6.07) is 2.98. The van der Waals surface area contributed by atoms with Crippen LogP contribution in [0, 0.1) is 18.9 Å². The molecule has 164 valence electrons. The molecule has 0 bridgehead atoms. The molecule has 1 saturated heterocycles. The number of amides is 1. The van der Waals surface area contributed by atoms with Gasteiger partial charge in [0.25, 0.3) is 0 Å². The molecule has 0 aromatic carbocycles. The van der Waals surface area contributed by atoms with Crippen LogP contribution in [0.15, 0.2) is 12.7 Å². The van der Waals surface area contributed by atoms with Crippen molar-refractivity contribution in [1.82, 2.24) is 15.3 Å². The summed E-state index contributed by atoms with van der Waals surface area (Å²) in [7, 11) is 1.78. The van der Waals surface area contributed by atoms with Gasteiger partial charge in [0, 0.05) is 38.2 Å². The third-order valence-electron chi connectivity index (χ3n) is 4.53. The van der Waals surface area contributed by atoms with Crippen molar-refractivity contribution in [3.63, 3.8) is 0 Å². The van der Waals surface area contributed by atoms with E-state index in [-0.39, 0.29) is 25.3 Å². The number of nitrogens with one attached hydrogen (secondary N) is 1. The second-order valence-electron chi connectivity index (χ2n) is 6.79. The maximum Gasteiger partial charge on any atom is 0.522 e. The van der Waals surface area contributed by atoms with Crippen molar-refractivity contribution < 1.29 is 22.7 Å². The van der Waals surface area contributed by atoms with Crippen LogP contribution in [0.25, 0.3) is 0 Å². The first-order chi connectivity index (χ1) is 14.1. The van der Waals surface area contributed by atoms with Gasteiger partial charge in [0.2, 0.25) is 5.91 Å². The Kier molecular flexibility index (Phi) is 8.06. The SMILES string of the molecule is C=CC(=O)NCc1nc(N(C)C#CCC)c(C)c(N2CCC(OC(F)(F)F)CC2)n1. The maximum absolute atomic E-state index is 12.5. The van der Waals surface area contributed by atoms with Gasteiger partial charge in [-0.05, 0) is 25.8 Å². The van der Waals surface area contributed by atoms with Gasteiger partial charge in [0.05, 0.1) is 12.6 Å². The van der Waals surface area contributed by atoms with Crippen LogP contribution in [0.3, 0.4) is 0 Å². The Morgan fingerprint density at radius 2 is 2.07 bits per heavy atom. The molecule has 2 heterocycles. The maximum atomic E-state index is 12.5. The molecule has 1 aliphatic rings. The minimum Gasteiger partial charge on any atom is -0.356 e. The number of anilines is 2. The molecule has 1 fully saturated rings. The Hall–Kier alpha value is -2.80. The largest absolute Gasteiger partial charge is 0.522 e. The van der Waals surface area contributed by atoms with Gasteiger partial charge in [-0.1, -0.05) is 19.4 Å². The number of carbonyl (C=O) groups is 1. The second-order valence-corrected chi connectivity index (χ2v) is 6.79. The van der Waals surface area contributed by atoms with Gasteiger partial charge in [0.15, 0.2) is 5.82 Å². The van der Waals surface area contributed by atoms with E-state index in [0.717, 1.165) is 11.6 Å². The summed E-state index contributed by atoms with van der Waals surface area (Å²) in [6.45, 7) is 8.00. The number of hydrogen-bond donors (Lipinski definition) is 1. The topological polar surface area (TPSA) is 70.6 Å². The summed E-state index contributed by atoms with van der Waals surface area (Å²) in [5.74, 6) is 4.19. The van der Waals surface area contributed by atoms with Crippen molar-refractivity contribution in [2.24, 2.45) is 0 Å². The Labute approximate surface area is 174 Å². The lowest BCUT2D eigenvalue weighted by atomic mass is 10.1. The van der Waals surface area contributed by atoms with Crippen LogP contribution < -0.4 is 15.1 Å². The van der Waals surface area contributed by atoms with E-state index in [4.69, 9.17) is 0 Å². The molecular formula is C20H26F3N5O2. The van der Waals surface area contributed by atoms with Crippen LogP contribution in [-0.4, -0.2) is 48.5 Å². The lowest BCUT2D eigenvalue weighted by molar-refractivity contribution is -0.344. The average molecular weight is 425 g/mol. The van der Waals surface area contributed by atoms with E-state index < -0.39 is 12.5 Å². The molecule has 1 amide bonds. The molecule has 0 unspecified atom stereocenters. The van der Waals surface area contributed by atoms with E-state index >= 15 is 0 Å². The molecule has 0 atom stereocenters. The van der Waals surface area contributed by atoms with Gasteiger partial charge >= 0.3 is 6.36 Å². The predicted octanol–water partition coefficient (Wildman–Crippen LogP) is 2.90. The molecule has 0 saturated carbocycles. The van der Waals surface area contributed by atoms with Crippen LogP contribution in [0.4, 0.5) is 24.8 Å². The molecule has 0 aliphatic carbocycles. The monoisotopic (exact) mass is 425 g/mol. The first-order valence-electron chi connectivity index (χ1n) is 9.64. The highest BCUT2D eigenvalue weighted by Gasteiger charge is 2.35. The van der Waals surface area contributed by atoms with Crippen molar-refractivity contribution >= 4 is 17.5 Å². The average Bonchev–Trinajstić information content (AvgIpc) is 2.70. The van der Waals surface area contributed by atoms with E-state index in [0.29, 0.717) is 37.0 Å². The highest BCUT2D eigenvalue weighted by atomic mass is 19.4. The minimum atomic E-state index is -4.64. The summed E-state index contributed by atoms with van der Waals surface area (Å²) in [5, 5.41) is 2.64. The van der Waals surface area contributed by atoms with Gasteiger partial charge in [-0.3, -0.25) is 14.4 Å². The standard InChI is InChI=1S/C20H26F3N5O2/c1-5-7-10-27(4)18-14(3)19(26-16(25-18)13-24-17(29)6-2)28-11-8-15(9-12-28)30-20(21,22)23/h6,15H,2,5,8-9,11-13H2,1,3-4H3,(H,24,29). The van der Waals surface area contributed by atoms with Gasteiger partial charge < -0.3 is 10.2 Å². The summed E-state index contributed by atoms with van der Waals surface area (Å²) in [5.41, 5.74) is 0.761. The van der Waals surface area contributed by atoms with Crippen molar-refractivity contribution in [2.45, 2.75) is 52.1 Å². The summed E-state index contributed by atoms with van der Waals surface area (Å²) < 4.78 is 41.6. The lowest BCUT2D eigenvalue weighted by Gasteiger charge is -2.34. The van der Waals surface area contributed by atoms with E-state index in [9.17, 15) is 18.0 Å². The second kappa shape index (κ2) is 10.3. The quantitative estimate of drug-likeness (QED) is 0.429. The van der Waals surface area contributed by atoms with Crippen LogP contribution in [0.1, 0.15) is 37.6 Å². The van der Waals surface area contributed by atoms with Crippen LogP contribution in [0.2, 0.25) is 0 Å². The van der Waals surface area contributed by atoms with Gasteiger partial charge in [-0.2, -0.15) is 0 Å². The van der Waals surface area contributed by atoms with Gasteiger partial charge in [-0.25, -0.2) is 9.97 Å². The fraction of sp³-hybridized carbons (Fsp3) is 0.550. The number of nitrogens with zero attached hydrogens (tertiary/aromatic N) is 4. The molecule has 1 N–H and O–H groups in total. The smallest absolute Gasteiger partial charge is 0.356 e. The van der Waals surface area contributed by atoms with E-state index in [2.05, 4.69) is 38.6 Å². The zero-order chi connectivity index (χ0) is 22.3. The Bertz CT molecular complexity index is 824. The Morgan fingerprint density at radius 3 is 2.63 bits per heavy atom. The summed E-state index contributed by atoms with van der Waals surface area (Å²) in [6.07, 6.45) is -3.22. The molecule has 1 aliphatic heterocycles. The van der Waals surface area contributed by atoms with Gasteiger partial charge in [0.1, 0.15) is 11.6 Å².